The molecular weight excluding hydrogens is 312 g/mol. The van der Waals surface area contributed by atoms with Gasteiger partial charge in [0.25, 0.3) is 0 Å². The average molecular weight is 325 g/mol. The van der Waals surface area contributed by atoms with Crippen LogP contribution in [0.5, 0.6) is 0 Å². The predicted octanol–water partition coefficient (Wildman–Crippen LogP) is 2.77. The standard InChI is InChI=1S/C15H13F2NO3S/c1-10(22(20,21)12-5-3-2-4-6-12)15(19)18-14-9-11(16)7-8-13(14)17/h2-10H,1H3,(H,18,19). The molecule has 0 saturated heterocycles. The molecule has 0 radical (unpaired) electrons. The summed E-state index contributed by atoms with van der Waals surface area (Å²) < 4.78 is 51.1. The zero-order valence-electron chi connectivity index (χ0n) is 11.6. The minimum absolute atomic E-state index is 0.0163. The molecule has 0 aliphatic heterocycles. The Bertz CT molecular complexity index is 792. The number of amides is 1. The summed E-state index contributed by atoms with van der Waals surface area (Å²) in [7, 11) is -3.91. The molecular formula is C15H13F2NO3S. The SMILES string of the molecule is CC(C(=O)Nc1cc(F)ccc1F)S(=O)(=O)c1ccccc1. The number of anilines is 1. The Morgan fingerprint density at radius 2 is 1.73 bits per heavy atom. The number of carbonyl (C=O) groups is 1. The van der Waals surface area contributed by atoms with Crippen molar-refractivity contribution in [3.63, 3.8) is 0 Å². The molecule has 0 bridgehead atoms. The Hall–Kier alpha value is -2.28. The van der Waals surface area contributed by atoms with Gasteiger partial charge in [0.15, 0.2) is 9.84 Å². The Balaban J connectivity index is 2.24. The third kappa shape index (κ3) is 3.30. The van der Waals surface area contributed by atoms with Crippen LogP contribution in [0.3, 0.4) is 0 Å². The van der Waals surface area contributed by atoms with Crippen molar-refractivity contribution in [3.05, 3.63) is 60.2 Å². The third-order valence-corrected chi connectivity index (χ3v) is 5.17. The van der Waals surface area contributed by atoms with Crippen LogP contribution in [-0.2, 0) is 14.6 Å². The van der Waals surface area contributed by atoms with Gasteiger partial charge in [-0.15, -0.1) is 0 Å². The molecule has 0 fully saturated rings. The molecule has 0 spiro atoms. The zero-order chi connectivity index (χ0) is 16.3. The number of carbonyl (C=O) groups excluding carboxylic acids is 1. The fourth-order valence-electron chi connectivity index (χ4n) is 1.78. The van der Waals surface area contributed by atoms with Crippen LogP contribution in [-0.4, -0.2) is 19.6 Å². The van der Waals surface area contributed by atoms with E-state index < -0.39 is 38.3 Å². The lowest BCUT2D eigenvalue weighted by atomic mass is 10.3. The number of nitrogens with one attached hydrogen (secondary N) is 1. The summed E-state index contributed by atoms with van der Waals surface area (Å²) in [5, 5.41) is 0.647. The molecule has 116 valence electrons. The molecule has 7 heteroatoms. The van der Waals surface area contributed by atoms with E-state index in [9.17, 15) is 22.0 Å². The van der Waals surface area contributed by atoms with Crippen LogP contribution in [0.4, 0.5) is 14.5 Å². The van der Waals surface area contributed by atoms with E-state index >= 15 is 0 Å². The van der Waals surface area contributed by atoms with E-state index in [-0.39, 0.29) is 4.90 Å². The largest absolute Gasteiger partial charge is 0.322 e. The smallest absolute Gasteiger partial charge is 0.242 e. The lowest BCUT2D eigenvalue weighted by Crippen LogP contribution is -2.33. The molecule has 2 rings (SSSR count). The van der Waals surface area contributed by atoms with Crippen molar-refractivity contribution in [2.24, 2.45) is 0 Å². The summed E-state index contributed by atoms with van der Waals surface area (Å²) in [5.41, 5.74) is -0.403. The van der Waals surface area contributed by atoms with Gasteiger partial charge < -0.3 is 5.32 Å². The molecule has 1 atom stereocenters. The maximum atomic E-state index is 13.5. The van der Waals surface area contributed by atoms with Crippen molar-refractivity contribution in [3.8, 4) is 0 Å². The topological polar surface area (TPSA) is 63.2 Å². The van der Waals surface area contributed by atoms with Crippen LogP contribution in [0.2, 0.25) is 0 Å². The summed E-state index contributed by atoms with van der Waals surface area (Å²) in [6.07, 6.45) is 0. The van der Waals surface area contributed by atoms with E-state index in [1.54, 1.807) is 6.07 Å². The molecule has 1 amide bonds. The highest BCUT2D eigenvalue weighted by molar-refractivity contribution is 7.92. The van der Waals surface area contributed by atoms with Gasteiger partial charge in [-0.3, -0.25) is 4.79 Å². The zero-order valence-corrected chi connectivity index (χ0v) is 12.4. The predicted molar refractivity (Wildman–Crippen MR) is 78.1 cm³/mol. The molecule has 22 heavy (non-hydrogen) atoms. The highest BCUT2D eigenvalue weighted by Crippen LogP contribution is 2.19. The number of benzene rings is 2. The van der Waals surface area contributed by atoms with Crippen LogP contribution >= 0.6 is 0 Å². The lowest BCUT2D eigenvalue weighted by Gasteiger charge is -2.14. The fourth-order valence-corrected chi connectivity index (χ4v) is 3.07. The number of hydrogen-bond donors (Lipinski definition) is 1. The van der Waals surface area contributed by atoms with Gasteiger partial charge in [-0.1, -0.05) is 18.2 Å². The first-order valence-corrected chi connectivity index (χ1v) is 7.92. The number of sulfone groups is 1. The second-order valence-electron chi connectivity index (χ2n) is 4.61. The van der Waals surface area contributed by atoms with Crippen molar-refractivity contribution in [1.82, 2.24) is 0 Å². The van der Waals surface area contributed by atoms with Crippen LogP contribution in [0.15, 0.2) is 53.4 Å². The van der Waals surface area contributed by atoms with Crippen molar-refractivity contribution in [2.45, 2.75) is 17.1 Å². The Kier molecular flexibility index (Phi) is 4.56. The molecule has 0 aromatic heterocycles. The molecule has 2 aromatic carbocycles. The number of halogens is 2. The summed E-state index contributed by atoms with van der Waals surface area (Å²) in [4.78, 5) is 12.0. The van der Waals surface area contributed by atoms with Gasteiger partial charge in [0, 0.05) is 6.07 Å². The van der Waals surface area contributed by atoms with E-state index in [1.165, 1.54) is 31.2 Å². The molecule has 0 aliphatic rings. The highest BCUT2D eigenvalue weighted by Gasteiger charge is 2.30. The van der Waals surface area contributed by atoms with Gasteiger partial charge in [-0.2, -0.15) is 0 Å². The molecule has 0 aliphatic carbocycles. The van der Waals surface area contributed by atoms with Crippen LogP contribution < -0.4 is 5.32 Å². The van der Waals surface area contributed by atoms with E-state index in [2.05, 4.69) is 5.32 Å². The van der Waals surface area contributed by atoms with Crippen molar-refractivity contribution in [2.75, 3.05) is 5.32 Å². The summed E-state index contributed by atoms with van der Waals surface area (Å²) >= 11 is 0. The maximum absolute atomic E-state index is 13.5. The highest BCUT2D eigenvalue weighted by atomic mass is 32.2. The monoisotopic (exact) mass is 325 g/mol. The van der Waals surface area contributed by atoms with E-state index in [0.29, 0.717) is 0 Å². The van der Waals surface area contributed by atoms with Crippen LogP contribution in [0, 0.1) is 11.6 Å². The molecule has 4 nitrogen and oxygen atoms in total. The third-order valence-electron chi connectivity index (χ3n) is 3.09. The number of hydrogen-bond acceptors (Lipinski definition) is 3. The molecule has 1 unspecified atom stereocenters. The first-order valence-electron chi connectivity index (χ1n) is 6.37. The second kappa shape index (κ2) is 6.23. The summed E-state index contributed by atoms with van der Waals surface area (Å²) in [6, 6.07) is 9.97. The lowest BCUT2D eigenvalue weighted by molar-refractivity contribution is -0.115. The van der Waals surface area contributed by atoms with Gasteiger partial charge in [0.2, 0.25) is 5.91 Å². The molecule has 0 saturated carbocycles. The normalized spacial score (nSPS) is 12.7. The maximum Gasteiger partial charge on any atom is 0.242 e. The minimum Gasteiger partial charge on any atom is -0.322 e. The van der Waals surface area contributed by atoms with Gasteiger partial charge in [-0.25, -0.2) is 17.2 Å². The van der Waals surface area contributed by atoms with Crippen molar-refractivity contribution in [1.29, 1.82) is 0 Å². The summed E-state index contributed by atoms with van der Waals surface area (Å²) in [5.74, 6) is -2.53. The fraction of sp³-hybridized carbons (Fsp3) is 0.133. The van der Waals surface area contributed by atoms with Crippen LogP contribution in [0.1, 0.15) is 6.92 Å². The van der Waals surface area contributed by atoms with Crippen LogP contribution in [0.25, 0.3) is 0 Å². The second-order valence-corrected chi connectivity index (χ2v) is 6.88. The van der Waals surface area contributed by atoms with Crippen molar-refractivity contribution >= 4 is 21.4 Å². The average Bonchev–Trinajstić information content (AvgIpc) is 2.51. The van der Waals surface area contributed by atoms with E-state index in [0.717, 1.165) is 18.2 Å². The molecule has 0 heterocycles. The van der Waals surface area contributed by atoms with Gasteiger partial charge >= 0.3 is 0 Å². The number of rotatable bonds is 4. The first-order chi connectivity index (χ1) is 10.3. The Labute approximate surface area is 126 Å². The Morgan fingerprint density at radius 1 is 1.09 bits per heavy atom. The van der Waals surface area contributed by atoms with Gasteiger partial charge in [0.1, 0.15) is 16.9 Å². The van der Waals surface area contributed by atoms with E-state index in [1.807, 2.05) is 0 Å². The quantitative estimate of drug-likeness (QED) is 0.940. The minimum atomic E-state index is -3.91. The van der Waals surface area contributed by atoms with Gasteiger partial charge in [-0.05, 0) is 31.2 Å². The first kappa shape index (κ1) is 16.1. The Morgan fingerprint density at radius 3 is 2.36 bits per heavy atom. The van der Waals surface area contributed by atoms with Gasteiger partial charge in [0.05, 0.1) is 10.6 Å². The van der Waals surface area contributed by atoms with E-state index in [4.69, 9.17) is 0 Å². The van der Waals surface area contributed by atoms with Crippen molar-refractivity contribution < 1.29 is 22.0 Å². The molecule has 1 N–H and O–H groups in total. The molecule has 2 aromatic rings. The summed E-state index contributed by atoms with van der Waals surface area (Å²) in [6.45, 7) is 1.19.